The standard InChI is InChI=1S/C42H29N3Si/c43-30-31-27-28-44-37(29-31)35-20-8-7-19-34(35)36-21-9-10-22-38(36)45-39-23-11-13-25-41(39)46(32-15-3-1-4-16-32,33-17-5-2-6-18-33)42-26-14-12-24-40(42)45/h1-29H. The van der Waals surface area contributed by atoms with Gasteiger partial charge in [-0.15, -0.1) is 0 Å². The summed E-state index contributed by atoms with van der Waals surface area (Å²) in [5.74, 6) is 0. The van der Waals surface area contributed by atoms with Gasteiger partial charge in [-0.2, -0.15) is 5.26 Å². The Bertz CT molecular complexity index is 2150. The molecular weight excluding hydrogens is 575 g/mol. The number of nitriles is 1. The van der Waals surface area contributed by atoms with E-state index in [1.165, 1.54) is 32.1 Å². The molecule has 46 heavy (non-hydrogen) atoms. The van der Waals surface area contributed by atoms with Crippen LogP contribution in [0.3, 0.4) is 0 Å². The van der Waals surface area contributed by atoms with Gasteiger partial charge in [0.05, 0.1) is 23.0 Å². The van der Waals surface area contributed by atoms with Gasteiger partial charge in [0, 0.05) is 28.7 Å². The SMILES string of the molecule is N#Cc1ccnc(-c2ccccc2-c2ccccc2N2c3ccccc3[Si](c3ccccc3)(c3ccccc3)c3ccccc32)c1. The molecule has 1 aliphatic rings. The molecule has 0 saturated heterocycles. The van der Waals surface area contributed by atoms with Gasteiger partial charge >= 0.3 is 0 Å². The number of anilines is 3. The van der Waals surface area contributed by atoms with E-state index in [0.29, 0.717) is 5.56 Å². The minimum atomic E-state index is -2.70. The fourth-order valence-corrected chi connectivity index (χ4v) is 12.3. The maximum atomic E-state index is 9.62. The predicted molar refractivity (Wildman–Crippen MR) is 192 cm³/mol. The summed E-state index contributed by atoms with van der Waals surface area (Å²) in [5, 5.41) is 15.1. The van der Waals surface area contributed by atoms with Crippen LogP contribution in [-0.2, 0) is 0 Å². The van der Waals surface area contributed by atoms with E-state index in [-0.39, 0.29) is 0 Å². The van der Waals surface area contributed by atoms with Crippen LogP contribution in [0.4, 0.5) is 17.1 Å². The average Bonchev–Trinajstić information content (AvgIpc) is 3.14. The summed E-state index contributed by atoms with van der Waals surface area (Å²) in [6.45, 7) is 0. The molecule has 4 heteroatoms. The Balaban J connectivity index is 1.42. The van der Waals surface area contributed by atoms with Crippen LogP contribution in [-0.4, -0.2) is 13.1 Å². The maximum Gasteiger partial charge on any atom is 0.184 e. The first-order chi connectivity index (χ1) is 22.8. The van der Waals surface area contributed by atoms with Crippen LogP contribution in [0.25, 0.3) is 22.4 Å². The summed E-state index contributed by atoms with van der Waals surface area (Å²) in [6.07, 6.45) is 1.71. The first-order valence-electron chi connectivity index (χ1n) is 15.5. The minimum absolute atomic E-state index is 0.593. The Morgan fingerprint density at radius 2 is 0.957 bits per heavy atom. The quantitative estimate of drug-likeness (QED) is 0.192. The van der Waals surface area contributed by atoms with Gasteiger partial charge in [-0.25, -0.2) is 0 Å². The van der Waals surface area contributed by atoms with Crippen molar-refractivity contribution >= 4 is 45.9 Å². The zero-order chi connectivity index (χ0) is 30.9. The van der Waals surface area contributed by atoms with Crippen molar-refractivity contribution in [2.75, 3.05) is 4.90 Å². The largest absolute Gasteiger partial charge is 0.310 e. The van der Waals surface area contributed by atoms with Crippen LogP contribution in [0, 0.1) is 11.3 Å². The topological polar surface area (TPSA) is 39.9 Å². The molecule has 6 aromatic carbocycles. The fourth-order valence-electron chi connectivity index (χ4n) is 7.16. The summed E-state index contributed by atoms with van der Waals surface area (Å²) in [6, 6.07) is 63.0. The van der Waals surface area contributed by atoms with Crippen LogP contribution in [0.15, 0.2) is 176 Å². The molecule has 0 atom stereocenters. The van der Waals surface area contributed by atoms with Crippen molar-refractivity contribution in [3.63, 3.8) is 0 Å². The third kappa shape index (κ3) is 4.29. The zero-order valence-electron chi connectivity index (χ0n) is 25.1. The molecule has 7 aromatic rings. The third-order valence-electron chi connectivity index (χ3n) is 9.04. The lowest BCUT2D eigenvalue weighted by Crippen LogP contribution is -2.77. The second-order valence-electron chi connectivity index (χ2n) is 11.5. The Hall–Kier alpha value is -6.02. The van der Waals surface area contributed by atoms with Crippen molar-refractivity contribution in [1.29, 1.82) is 5.26 Å². The van der Waals surface area contributed by atoms with Crippen LogP contribution >= 0.6 is 0 Å². The van der Waals surface area contributed by atoms with Gasteiger partial charge < -0.3 is 4.90 Å². The zero-order valence-corrected chi connectivity index (χ0v) is 26.1. The number of benzene rings is 6. The number of hydrogen-bond donors (Lipinski definition) is 0. The van der Waals surface area contributed by atoms with E-state index in [1.54, 1.807) is 12.3 Å². The Kier molecular flexibility index (Phi) is 6.87. The van der Waals surface area contributed by atoms with Gasteiger partial charge in [-0.3, -0.25) is 4.98 Å². The Labute approximate surface area is 270 Å². The van der Waals surface area contributed by atoms with E-state index in [2.05, 4.69) is 168 Å². The van der Waals surface area contributed by atoms with E-state index < -0.39 is 8.07 Å². The van der Waals surface area contributed by atoms with Crippen molar-refractivity contribution < 1.29 is 0 Å². The van der Waals surface area contributed by atoms with Gasteiger partial charge in [0.2, 0.25) is 0 Å². The van der Waals surface area contributed by atoms with E-state index in [4.69, 9.17) is 0 Å². The molecule has 1 aromatic heterocycles. The first kappa shape index (κ1) is 27.5. The van der Waals surface area contributed by atoms with E-state index in [1.807, 2.05) is 12.1 Å². The molecule has 0 aliphatic carbocycles. The van der Waals surface area contributed by atoms with Crippen molar-refractivity contribution in [2.24, 2.45) is 0 Å². The van der Waals surface area contributed by atoms with Crippen molar-refractivity contribution in [1.82, 2.24) is 4.98 Å². The normalized spacial score (nSPS) is 12.9. The van der Waals surface area contributed by atoms with Gasteiger partial charge in [0.25, 0.3) is 0 Å². The monoisotopic (exact) mass is 603 g/mol. The molecule has 216 valence electrons. The molecule has 0 radical (unpaired) electrons. The summed E-state index contributed by atoms with van der Waals surface area (Å²) in [4.78, 5) is 7.14. The minimum Gasteiger partial charge on any atom is -0.310 e. The number of fused-ring (bicyclic) bond motifs is 2. The fraction of sp³-hybridized carbons (Fsp3) is 0. The van der Waals surface area contributed by atoms with Gasteiger partial charge in [-0.05, 0) is 56.6 Å². The van der Waals surface area contributed by atoms with Crippen molar-refractivity contribution in [2.45, 2.75) is 0 Å². The molecule has 0 N–H and O–H groups in total. The molecule has 2 heterocycles. The lowest BCUT2D eigenvalue weighted by Gasteiger charge is -2.45. The second kappa shape index (κ2) is 11.5. The number of aromatic nitrogens is 1. The lowest BCUT2D eigenvalue weighted by atomic mass is 9.94. The number of pyridine rings is 1. The highest BCUT2D eigenvalue weighted by atomic mass is 28.3. The van der Waals surface area contributed by atoms with Crippen LogP contribution in [0.1, 0.15) is 5.56 Å². The van der Waals surface area contributed by atoms with E-state index in [9.17, 15) is 5.26 Å². The van der Waals surface area contributed by atoms with Gasteiger partial charge in [-0.1, -0.05) is 140 Å². The molecule has 0 saturated carbocycles. The molecular formula is C42H29N3Si. The average molecular weight is 604 g/mol. The second-order valence-corrected chi connectivity index (χ2v) is 15.2. The van der Waals surface area contributed by atoms with Crippen LogP contribution in [0.2, 0.25) is 0 Å². The molecule has 1 aliphatic heterocycles. The van der Waals surface area contributed by atoms with Crippen molar-refractivity contribution in [3.05, 3.63) is 182 Å². The highest BCUT2D eigenvalue weighted by molar-refractivity contribution is 7.21. The summed E-state index contributed by atoms with van der Waals surface area (Å²) >= 11 is 0. The van der Waals surface area contributed by atoms with Gasteiger partial charge in [0.15, 0.2) is 8.07 Å². The van der Waals surface area contributed by atoms with Gasteiger partial charge in [0.1, 0.15) is 0 Å². The van der Waals surface area contributed by atoms with Crippen LogP contribution in [0.5, 0.6) is 0 Å². The summed E-state index contributed by atoms with van der Waals surface area (Å²) < 4.78 is 0. The Morgan fingerprint density at radius 3 is 1.54 bits per heavy atom. The number of hydrogen-bond acceptors (Lipinski definition) is 3. The summed E-state index contributed by atoms with van der Waals surface area (Å²) in [7, 11) is -2.70. The predicted octanol–water partition coefficient (Wildman–Crippen LogP) is 7.45. The maximum absolute atomic E-state index is 9.62. The number of rotatable bonds is 5. The number of para-hydroxylation sites is 3. The molecule has 0 spiro atoms. The first-order valence-corrected chi connectivity index (χ1v) is 17.5. The lowest BCUT2D eigenvalue weighted by molar-refractivity contribution is 1.28. The number of nitrogens with zero attached hydrogens (tertiary/aromatic N) is 3. The van der Waals surface area contributed by atoms with E-state index in [0.717, 1.165) is 28.1 Å². The molecule has 0 amide bonds. The molecule has 8 rings (SSSR count). The highest BCUT2D eigenvalue weighted by Gasteiger charge is 2.48. The Morgan fingerprint density at radius 1 is 0.478 bits per heavy atom. The molecule has 3 nitrogen and oxygen atoms in total. The van der Waals surface area contributed by atoms with E-state index >= 15 is 0 Å². The highest BCUT2D eigenvalue weighted by Crippen LogP contribution is 2.44. The molecule has 0 unspecified atom stereocenters. The molecule has 0 bridgehead atoms. The summed E-state index contributed by atoms with van der Waals surface area (Å²) in [5.41, 5.74) is 8.00. The third-order valence-corrected chi connectivity index (χ3v) is 13.9. The van der Waals surface area contributed by atoms with Crippen molar-refractivity contribution in [3.8, 4) is 28.5 Å². The molecule has 0 fully saturated rings. The van der Waals surface area contributed by atoms with Crippen LogP contribution < -0.4 is 25.6 Å². The smallest absolute Gasteiger partial charge is 0.184 e.